The molecule has 1 N–H and O–H groups in total. The van der Waals surface area contributed by atoms with Gasteiger partial charge in [-0.3, -0.25) is 0 Å². The van der Waals surface area contributed by atoms with Crippen molar-refractivity contribution in [2.24, 2.45) is 5.92 Å². The van der Waals surface area contributed by atoms with Crippen LogP contribution in [-0.2, 0) is 0 Å². The van der Waals surface area contributed by atoms with Gasteiger partial charge in [-0.2, -0.15) is 0 Å². The summed E-state index contributed by atoms with van der Waals surface area (Å²) in [6.07, 6.45) is 5.82. The van der Waals surface area contributed by atoms with E-state index < -0.39 is 6.10 Å². The Morgan fingerprint density at radius 2 is 2.00 bits per heavy atom. The molecule has 1 saturated carbocycles. The number of benzene rings is 1. The fourth-order valence-electron chi connectivity index (χ4n) is 2.71. The van der Waals surface area contributed by atoms with Crippen LogP contribution in [0.4, 0.5) is 0 Å². The van der Waals surface area contributed by atoms with E-state index in [0.29, 0.717) is 5.02 Å². The van der Waals surface area contributed by atoms with E-state index in [-0.39, 0.29) is 6.10 Å². The zero-order chi connectivity index (χ0) is 13.8. The maximum atomic E-state index is 9.52. The van der Waals surface area contributed by atoms with E-state index in [0.717, 1.165) is 30.1 Å². The van der Waals surface area contributed by atoms with Crippen molar-refractivity contribution in [3.05, 3.63) is 28.8 Å². The molecule has 0 bridgehead atoms. The van der Waals surface area contributed by atoms with Gasteiger partial charge in [0.2, 0.25) is 0 Å². The molecule has 3 heteroatoms. The van der Waals surface area contributed by atoms with E-state index in [2.05, 4.69) is 6.92 Å². The summed E-state index contributed by atoms with van der Waals surface area (Å²) in [5, 5.41) is 10.1. The number of rotatable bonds is 4. The molecular formula is C16H23ClO2. The van der Waals surface area contributed by atoms with Gasteiger partial charge in [0.05, 0.1) is 17.2 Å². The third-order valence-electron chi connectivity index (χ3n) is 4.10. The van der Waals surface area contributed by atoms with Gasteiger partial charge in [0, 0.05) is 0 Å². The molecule has 0 heterocycles. The summed E-state index contributed by atoms with van der Waals surface area (Å²) in [4.78, 5) is 0. The van der Waals surface area contributed by atoms with E-state index in [1.807, 2.05) is 12.1 Å². The largest absolute Gasteiger partial charge is 0.489 e. The molecule has 2 nitrogen and oxygen atoms in total. The van der Waals surface area contributed by atoms with Gasteiger partial charge >= 0.3 is 0 Å². The molecule has 0 unspecified atom stereocenters. The van der Waals surface area contributed by atoms with Crippen molar-refractivity contribution in [3.8, 4) is 5.75 Å². The van der Waals surface area contributed by atoms with E-state index >= 15 is 0 Å². The molecule has 19 heavy (non-hydrogen) atoms. The fraction of sp³-hybridized carbons (Fsp3) is 0.625. The van der Waals surface area contributed by atoms with Crippen LogP contribution in [0.25, 0.3) is 0 Å². The SMILES string of the molecule is CCC1CCC(Oc2ccc([C@@H](C)O)cc2Cl)CC1. The van der Waals surface area contributed by atoms with Gasteiger partial charge in [0.15, 0.2) is 0 Å². The first-order valence-corrected chi connectivity index (χ1v) is 7.62. The lowest BCUT2D eigenvalue weighted by molar-refractivity contribution is 0.130. The Labute approximate surface area is 120 Å². The second kappa shape index (κ2) is 6.62. The minimum atomic E-state index is -0.494. The van der Waals surface area contributed by atoms with Crippen LogP contribution >= 0.6 is 11.6 Å². The van der Waals surface area contributed by atoms with Crippen molar-refractivity contribution in [3.63, 3.8) is 0 Å². The summed E-state index contributed by atoms with van der Waals surface area (Å²) in [6, 6.07) is 5.54. The van der Waals surface area contributed by atoms with Crippen molar-refractivity contribution in [2.45, 2.75) is 58.2 Å². The molecule has 1 aliphatic rings. The number of halogens is 1. The topological polar surface area (TPSA) is 29.5 Å². The van der Waals surface area contributed by atoms with Crippen LogP contribution in [0.3, 0.4) is 0 Å². The van der Waals surface area contributed by atoms with Crippen LogP contribution in [0.2, 0.25) is 5.02 Å². The van der Waals surface area contributed by atoms with Gasteiger partial charge in [0.1, 0.15) is 5.75 Å². The van der Waals surface area contributed by atoms with Gasteiger partial charge in [-0.1, -0.05) is 31.0 Å². The molecular weight excluding hydrogens is 260 g/mol. The highest BCUT2D eigenvalue weighted by molar-refractivity contribution is 6.32. The average molecular weight is 283 g/mol. The first-order valence-electron chi connectivity index (χ1n) is 7.24. The van der Waals surface area contributed by atoms with Crippen LogP contribution in [0.1, 0.15) is 57.6 Å². The molecule has 1 aromatic carbocycles. The average Bonchev–Trinajstić information content (AvgIpc) is 2.41. The summed E-state index contributed by atoms with van der Waals surface area (Å²) in [7, 11) is 0. The predicted octanol–water partition coefficient (Wildman–Crippen LogP) is 4.74. The van der Waals surface area contributed by atoms with E-state index in [4.69, 9.17) is 16.3 Å². The third kappa shape index (κ3) is 3.87. The fourth-order valence-corrected chi connectivity index (χ4v) is 2.94. The molecule has 2 rings (SSSR count). The van der Waals surface area contributed by atoms with Crippen LogP contribution in [-0.4, -0.2) is 11.2 Å². The van der Waals surface area contributed by atoms with E-state index in [1.54, 1.807) is 13.0 Å². The minimum Gasteiger partial charge on any atom is -0.489 e. The Morgan fingerprint density at radius 1 is 1.32 bits per heavy atom. The van der Waals surface area contributed by atoms with Crippen LogP contribution in [0, 0.1) is 5.92 Å². The Kier molecular flexibility index (Phi) is 5.12. The predicted molar refractivity (Wildman–Crippen MR) is 78.8 cm³/mol. The Hall–Kier alpha value is -0.730. The number of aliphatic hydroxyl groups is 1. The zero-order valence-electron chi connectivity index (χ0n) is 11.7. The number of hydrogen-bond acceptors (Lipinski definition) is 2. The number of hydrogen-bond donors (Lipinski definition) is 1. The smallest absolute Gasteiger partial charge is 0.138 e. The van der Waals surface area contributed by atoms with Gasteiger partial charge in [-0.25, -0.2) is 0 Å². The lowest BCUT2D eigenvalue weighted by atomic mass is 9.86. The summed E-state index contributed by atoms with van der Waals surface area (Å²) < 4.78 is 6.00. The second-order valence-corrected chi connectivity index (χ2v) is 5.94. The number of aliphatic hydroxyl groups excluding tert-OH is 1. The highest BCUT2D eigenvalue weighted by Crippen LogP contribution is 2.33. The molecule has 1 atom stereocenters. The van der Waals surface area contributed by atoms with Crippen LogP contribution in [0.15, 0.2) is 18.2 Å². The van der Waals surface area contributed by atoms with Gasteiger partial charge in [-0.15, -0.1) is 0 Å². The van der Waals surface area contributed by atoms with Gasteiger partial charge in [0.25, 0.3) is 0 Å². The van der Waals surface area contributed by atoms with E-state index in [9.17, 15) is 5.11 Å². The van der Waals surface area contributed by atoms with Crippen molar-refractivity contribution in [1.29, 1.82) is 0 Å². The third-order valence-corrected chi connectivity index (χ3v) is 4.40. The van der Waals surface area contributed by atoms with Crippen LogP contribution < -0.4 is 4.74 Å². The van der Waals surface area contributed by atoms with Gasteiger partial charge < -0.3 is 9.84 Å². The lowest BCUT2D eigenvalue weighted by Gasteiger charge is -2.28. The quantitative estimate of drug-likeness (QED) is 0.864. The first kappa shape index (κ1) is 14.7. The second-order valence-electron chi connectivity index (χ2n) is 5.53. The Balaban J connectivity index is 1.96. The van der Waals surface area contributed by atoms with Crippen molar-refractivity contribution in [1.82, 2.24) is 0 Å². The molecule has 0 saturated heterocycles. The minimum absolute atomic E-state index is 0.290. The van der Waals surface area contributed by atoms with Crippen LogP contribution in [0.5, 0.6) is 5.75 Å². The van der Waals surface area contributed by atoms with Crippen molar-refractivity contribution in [2.75, 3.05) is 0 Å². The highest BCUT2D eigenvalue weighted by atomic mass is 35.5. The molecule has 0 aromatic heterocycles. The summed E-state index contributed by atoms with van der Waals surface area (Å²) in [6.45, 7) is 4.00. The standard InChI is InChI=1S/C16H23ClO2/c1-3-12-4-7-14(8-5-12)19-16-9-6-13(11(2)18)10-15(16)17/h6,9-12,14,18H,3-5,7-8H2,1-2H3/t11-,12?,14?/m1/s1. The lowest BCUT2D eigenvalue weighted by Crippen LogP contribution is -2.24. The Morgan fingerprint density at radius 3 is 2.53 bits per heavy atom. The maximum Gasteiger partial charge on any atom is 0.138 e. The van der Waals surface area contributed by atoms with Gasteiger partial charge in [-0.05, 0) is 56.2 Å². The zero-order valence-corrected chi connectivity index (χ0v) is 12.5. The van der Waals surface area contributed by atoms with Crippen molar-refractivity contribution >= 4 is 11.6 Å². The van der Waals surface area contributed by atoms with E-state index in [1.165, 1.54) is 19.3 Å². The Bertz CT molecular complexity index is 409. The monoisotopic (exact) mass is 282 g/mol. The molecule has 1 aromatic rings. The summed E-state index contributed by atoms with van der Waals surface area (Å²) >= 11 is 6.21. The maximum absolute atomic E-state index is 9.52. The summed E-state index contributed by atoms with van der Waals surface area (Å²) in [5.74, 6) is 1.61. The highest BCUT2D eigenvalue weighted by Gasteiger charge is 2.22. The normalized spacial score (nSPS) is 25.1. The molecule has 0 amide bonds. The molecule has 1 aliphatic carbocycles. The molecule has 1 fully saturated rings. The first-order chi connectivity index (χ1) is 9.10. The van der Waals surface area contributed by atoms with Crippen molar-refractivity contribution < 1.29 is 9.84 Å². The molecule has 0 radical (unpaired) electrons. The molecule has 106 valence electrons. The number of ether oxygens (including phenoxy) is 1. The molecule has 0 spiro atoms. The summed E-state index contributed by atoms with van der Waals surface area (Å²) in [5.41, 5.74) is 0.826. The molecule has 0 aliphatic heterocycles.